The van der Waals surface area contributed by atoms with E-state index in [0.717, 1.165) is 21.2 Å². The monoisotopic (exact) mass is 485 g/mol. The summed E-state index contributed by atoms with van der Waals surface area (Å²) >= 11 is 9.71. The lowest BCUT2D eigenvalue weighted by Crippen LogP contribution is -2.18. The van der Waals surface area contributed by atoms with Gasteiger partial charge in [0.25, 0.3) is 5.91 Å². The molecular formula is C21H17BrClN5O2. The second-order valence-electron chi connectivity index (χ2n) is 6.45. The molecule has 0 aliphatic heterocycles. The fraction of sp³-hybridized carbons (Fsp3) is 0.0952. The number of carbonyl (C=O) groups is 1. The average Bonchev–Trinajstić information content (AvgIpc) is 3.04. The van der Waals surface area contributed by atoms with Crippen molar-refractivity contribution in [2.75, 3.05) is 12.4 Å². The summed E-state index contributed by atoms with van der Waals surface area (Å²) in [6.07, 6.45) is 1.53. The molecule has 2 aromatic carbocycles. The van der Waals surface area contributed by atoms with Crippen LogP contribution >= 0.6 is 27.5 Å². The van der Waals surface area contributed by atoms with Crippen molar-refractivity contribution in [3.63, 3.8) is 0 Å². The highest BCUT2D eigenvalue weighted by Gasteiger charge is 2.12. The number of amides is 1. The van der Waals surface area contributed by atoms with Crippen LogP contribution in [-0.2, 0) is 7.05 Å². The molecule has 0 aliphatic carbocycles. The Hall–Kier alpha value is -3.10. The van der Waals surface area contributed by atoms with E-state index in [9.17, 15) is 4.79 Å². The number of hydrogen-bond acceptors (Lipinski definition) is 5. The van der Waals surface area contributed by atoms with Crippen LogP contribution in [0.25, 0.3) is 11.0 Å². The van der Waals surface area contributed by atoms with Crippen LogP contribution < -0.4 is 15.4 Å². The second kappa shape index (κ2) is 8.33. The number of imidazole rings is 1. The van der Waals surface area contributed by atoms with Gasteiger partial charge < -0.3 is 19.9 Å². The lowest BCUT2D eigenvalue weighted by atomic mass is 10.3. The first-order valence-electron chi connectivity index (χ1n) is 8.99. The van der Waals surface area contributed by atoms with E-state index in [0.29, 0.717) is 22.5 Å². The van der Waals surface area contributed by atoms with Crippen molar-refractivity contribution in [3.05, 3.63) is 69.9 Å². The average molecular weight is 487 g/mol. The minimum atomic E-state index is -0.275. The number of anilines is 2. The Morgan fingerprint density at radius 3 is 2.70 bits per heavy atom. The Labute approximate surface area is 186 Å². The highest BCUT2D eigenvalue weighted by atomic mass is 79.9. The van der Waals surface area contributed by atoms with Gasteiger partial charge in [0.2, 0.25) is 5.95 Å². The molecule has 0 unspecified atom stereocenters. The van der Waals surface area contributed by atoms with E-state index in [-0.39, 0.29) is 11.6 Å². The first-order valence-corrected chi connectivity index (χ1v) is 10.2. The second-order valence-corrected chi connectivity index (χ2v) is 7.77. The summed E-state index contributed by atoms with van der Waals surface area (Å²) in [5.41, 5.74) is 2.73. The first kappa shape index (κ1) is 20.2. The van der Waals surface area contributed by atoms with E-state index in [1.807, 2.05) is 48.0 Å². The molecule has 9 heteroatoms. The summed E-state index contributed by atoms with van der Waals surface area (Å²) in [6, 6.07) is 14.5. The lowest BCUT2D eigenvalue weighted by molar-refractivity contribution is 0.0958. The van der Waals surface area contributed by atoms with Crippen molar-refractivity contribution < 1.29 is 9.53 Å². The predicted octanol–water partition coefficient (Wildman–Crippen LogP) is 5.28. The number of nitrogens with one attached hydrogen (secondary N) is 2. The number of nitrogens with zero attached hydrogens (tertiary/aromatic N) is 3. The quantitative estimate of drug-likeness (QED) is 0.401. The summed E-state index contributed by atoms with van der Waals surface area (Å²) in [7, 11) is 3.48. The fourth-order valence-corrected chi connectivity index (χ4v) is 3.65. The van der Waals surface area contributed by atoms with Gasteiger partial charge in [0.1, 0.15) is 17.2 Å². The molecule has 1 amide bonds. The van der Waals surface area contributed by atoms with E-state index in [1.165, 1.54) is 6.20 Å². The van der Waals surface area contributed by atoms with Gasteiger partial charge in [-0.15, -0.1) is 0 Å². The summed E-state index contributed by atoms with van der Waals surface area (Å²) < 4.78 is 8.75. The number of rotatable bonds is 5. The molecule has 7 nitrogen and oxygen atoms in total. The maximum Gasteiger partial charge on any atom is 0.269 e. The van der Waals surface area contributed by atoms with Gasteiger partial charge in [0, 0.05) is 36.9 Å². The van der Waals surface area contributed by atoms with E-state index in [4.69, 9.17) is 16.3 Å². The molecule has 4 aromatic rings. The summed E-state index contributed by atoms with van der Waals surface area (Å²) in [5.74, 6) is 1.49. The molecule has 0 saturated carbocycles. The Kier molecular flexibility index (Phi) is 5.61. The summed E-state index contributed by atoms with van der Waals surface area (Å²) in [4.78, 5) is 20.5. The van der Waals surface area contributed by atoms with E-state index in [2.05, 4.69) is 36.5 Å². The van der Waals surface area contributed by atoms with Crippen LogP contribution in [0, 0.1) is 0 Å². The molecule has 30 heavy (non-hydrogen) atoms. The SMILES string of the molecule is CNC(=O)c1cc(Oc2ccc3c(c2)nc(Nc2ccc(Br)cc2Cl)n3C)ccn1. The highest BCUT2D eigenvalue weighted by Crippen LogP contribution is 2.31. The van der Waals surface area contributed by atoms with E-state index < -0.39 is 0 Å². The number of pyridine rings is 1. The first-order chi connectivity index (χ1) is 14.4. The van der Waals surface area contributed by atoms with Crippen LogP contribution in [0.3, 0.4) is 0 Å². The van der Waals surface area contributed by atoms with Crippen molar-refractivity contribution in [3.8, 4) is 11.5 Å². The lowest BCUT2D eigenvalue weighted by Gasteiger charge is -2.08. The van der Waals surface area contributed by atoms with Crippen LogP contribution in [-0.4, -0.2) is 27.5 Å². The molecule has 0 fully saturated rings. The maximum atomic E-state index is 11.8. The smallest absolute Gasteiger partial charge is 0.269 e. The van der Waals surface area contributed by atoms with Crippen molar-refractivity contribution in [1.29, 1.82) is 0 Å². The fourth-order valence-electron chi connectivity index (χ4n) is 2.93. The van der Waals surface area contributed by atoms with Gasteiger partial charge >= 0.3 is 0 Å². The van der Waals surface area contributed by atoms with Gasteiger partial charge in [-0.25, -0.2) is 4.98 Å². The summed E-state index contributed by atoms with van der Waals surface area (Å²) in [5, 5.41) is 6.39. The molecule has 0 aliphatic rings. The Morgan fingerprint density at radius 1 is 1.13 bits per heavy atom. The number of aryl methyl sites for hydroxylation is 1. The molecule has 0 saturated heterocycles. The number of benzene rings is 2. The minimum absolute atomic E-state index is 0.275. The van der Waals surface area contributed by atoms with Crippen LogP contribution in [0.5, 0.6) is 11.5 Å². The van der Waals surface area contributed by atoms with Crippen molar-refractivity contribution >= 4 is 56.1 Å². The molecule has 0 atom stereocenters. The number of fused-ring (bicyclic) bond motifs is 1. The predicted molar refractivity (Wildman–Crippen MR) is 121 cm³/mol. The molecule has 152 valence electrons. The molecule has 2 aromatic heterocycles. The third-order valence-electron chi connectivity index (χ3n) is 4.46. The van der Waals surface area contributed by atoms with Crippen molar-refractivity contribution in [2.24, 2.45) is 7.05 Å². The number of carbonyl (C=O) groups excluding carboxylic acids is 1. The Morgan fingerprint density at radius 2 is 1.93 bits per heavy atom. The van der Waals surface area contributed by atoms with E-state index >= 15 is 0 Å². The third kappa shape index (κ3) is 4.10. The van der Waals surface area contributed by atoms with Gasteiger partial charge in [-0.05, 0) is 36.4 Å². The van der Waals surface area contributed by atoms with Gasteiger partial charge in [-0.2, -0.15) is 0 Å². The molecule has 4 rings (SSSR count). The zero-order valence-corrected chi connectivity index (χ0v) is 18.5. The largest absolute Gasteiger partial charge is 0.457 e. The highest BCUT2D eigenvalue weighted by molar-refractivity contribution is 9.10. The molecule has 0 spiro atoms. The van der Waals surface area contributed by atoms with Gasteiger partial charge in [0.05, 0.1) is 21.7 Å². The van der Waals surface area contributed by atoms with Gasteiger partial charge in [-0.3, -0.25) is 9.78 Å². The van der Waals surface area contributed by atoms with Gasteiger partial charge in [-0.1, -0.05) is 27.5 Å². The van der Waals surface area contributed by atoms with Crippen LogP contribution in [0.1, 0.15) is 10.5 Å². The zero-order chi connectivity index (χ0) is 21.3. The van der Waals surface area contributed by atoms with Crippen LogP contribution in [0.15, 0.2) is 59.2 Å². The normalized spacial score (nSPS) is 10.8. The van der Waals surface area contributed by atoms with Crippen molar-refractivity contribution in [2.45, 2.75) is 0 Å². The topological polar surface area (TPSA) is 81.1 Å². The van der Waals surface area contributed by atoms with Crippen LogP contribution in [0.4, 0.5) is 11.6 Å². The number of aromatic nitrogens is 3. The maximum absolute atomic E-state index is 11.8. The minimum Gasteiger partial charge on any atom is -0.457 e. The number of ether oxygens (including phenoxy) is 1. The third-order valence-corrected chi connectivity index (χ3v) is 5.26. The molecule has 2 heterocycles. The molecule has 0 bridgehead atoms. The van der Waals surface area contributed by atoms with E-state index in [1.54, 1.807) is 19.2 Å². The zero-order valence-electron chi connectivity index (χ0n) is 16.1. The summed E-state index contributed by atoms with van der Waals surface area (Å²) in [6.45, 7) is 0. The van der Waals surface area contributed by atoms with Crippen LogP contribution in [0.2, 0.25) is 5.02 Å². The Bertz CT molecular complexity index is 1260. The molecule has 0 radical (unpaired) electrons. The standard InChI is InChI=1S/C21H17BrClN5O2/c1-24-20(29)18-11-14(7-8-25-18)30-13-4-6-19-17(10-13)27-21(28(19)2)26-16-5-3-12(22)9-15(16)23/h3-11H,1-2H3,(H,24,29)(H,26,27). The molecular weight excluding hydrogens is 470 g/mol. The van der Waals surface area contributed by atoms with Crippen molar-refractivity contribution in [1.82, 2.24) is 19.9 Å². The Balaban J connectivity index is 1.61. The van der Waals surface area contributed by atoms with Gasteiger partial charge in [0.15, 0.2) is 0 Å². The number of halogens is 2. The molecule has 2 N–H and O–H groups in total. The number of hydrogen-bond donors (Lipinski definition) is 2.